The largest absolute Gasteiger partial charge is 0.489 e. The fourth-order valence-electron chi connectivity index (χ4n) is 3.75. The van der Waals surface area contributed by atoms with Crippen LogP contribution < -0.4 is 14.2 Å². The number of hydrogen-bond donors (Lipinski definition) is 1. The van der Waals surface area contributed by atoms with Crippen molar-refractivity contribution in [1.82, 2.24) is 0 Å². The summed E-state index contributed by atoms with van der Waals surface area (Å²) in [5.41, 5.74) is 1.85. The molecule has 2 aliphatic heterocycles. The highest BCUT2D eigenvalue weighted by Gasteiger charge is 2.33. The number of nitrogens with zero attached hydrogens (tertiary/aromatic N) is 1. The lowest BCUT2D eigenvalue weighted by molar-refractivity contribution is -0.145. The van der Waals surface area contributed by atoms with Crippen LogP contribution >= 0.6 is 0 Å². The Morgan fingerprint density at radius 3 is 2.46 bits per heavy atom. The van der Waals surface area contributed by atoms with Gasteiger partial charge in [0, 0.05) is 6.42 Å². The van der Waals surface area contributed by atoms with Crippen molar-refractivity contribution in [2.45, 2.75) is 24.0 Å². The van der Waals surface area contributed by atoms with Crippen molar-refractivity contribution in [2.24, 2.45) is 4.40 Å². The smallest absolute Gasteiger partial charge is 0.345 e. The second kappa shape index (κ2) is 9.30. The van der Waals surface area contributed by atoms with E-state index in [-0.39, 0.29) is 22.8 Å². The third-order valence-corrected chi connectivity index (χ3v) is 6.80. The summed E-state index contributed by atoms with van der Waals surface area (Å²) in [4.78, 5) is 11.8. The maximum absolute atomic E-state index is 12.2. The van der Waals surface area contributed by atoms with E-state index in [1.54, 1.807) is 36.4 Å². The third-order valence-electron chi connectivity index (χ3n) is 5.48. The summed E-state index contributed by atoms with van der Waals surface area (Å²) >= 11 is 0. The van der Waals surface area contributed by atoms with Crippen LogP contribution in [0.15, 0.2) is 76.0 Å². The van der Waals surface area contributed by atoms with Gasteiger partial charge >= 0.3 is 5.97 Å². The van der Waals surface area contributed by atoms with E-state index >= 15 is 0 Å². The molecule has 0 aromatic heterocycles. The molecular formula is C25H21NO8S. The molecular weight excluding hydrogens is 474 g/mol. The predicted molar refractivity (Wildman–Crippen MR) is 125 cm³/mol. The Bertz CT molecular complexity index is 1400. The molecule has 1 N–H and O–H groups in total. The number of carboxylic acid groups (broad SMARTS) is 1. The molecule has 1 unspecified atom stereocenters. The van der Waals surface area contributed by atoms with E-state index in [4.69, 9.17) is 18.9 Å². The van der Waals surface area contributed by atoms with Crippen LogP contribution in [0.25, 0.3) is 0 Å². The topological polar surface area (TPSA) is 121 Å². The van der Waals surface area contributed by atoms with E-state index in [1.165, 1.54) is 12.1 Å². The van der Waals surface area contributed by atoms with Crippen molar-refractivity contribution in [1.29, 1.82) is 0 Å². The lowest BCUT2D eigenvalue weighted by Gasteiger charge is -2.19. The molecule has 3 aromatic rings. The highest BCUT2D eigenvalue weighted by Crippen LogP contribution is 2.31. The number of benzene rings is 3. The zero-order chi connectivity index (χ0) is 24.4. The highest BCUT2D eigenvalue weighted by molar-refractivity contribution is 7.90. The van der Waals surface area contributed by atoms with Gasteiger partial charge in [0.1, 0.15) is 30.5 Å². The summed E-state index contributed by atoms with van der Waals surface area (Å²) in [6.45, 7) is 1.36. The second-order valence-electron chi connectivity index (χ2n) is 7.93. The fraction of sp³-hybridized carbons (Fsp3) is 0.200. The van der Waals surface area contributed by atoms with E-state index in [2.05, 4.69) is 4.40 Å². The summed E-state index contributed by atoms with van der Waals surface area (Å²) in [5.74, 6) is 0.566. The molecule has 1 atom stereocenters. The average Bonchev–Trinajstić information content (AvgIpc) is 3.12. The van der Waals surface area contributed by atoms with E-state index in [0.29, 0.717) is 42.6 Å². The summed E-state index contributed by atoms with van der Waals surface area (Å²) in [7, 11) is -3.90. The quantitative estimate of drug-likeness (QED) is 0.531. The highest BCUT2D eigenvalue weighted by atomic mass is 32.2. The summed E-state index contributed by atoms with van der Waals surface area (Å²) in [5, 5.41) is 9.65. The Kier molecular flexibility index (Phi) is 6.04. The van der Waals surface area contributed by atoms with E-state index in [0.717, 1.165) is 5.56 Å². The van der Waals surface area contributed by atoms with Crippen molar-refractivity contribution in [2.75, 3.05) is 13.2 Å². The zero-order valence-corrected chi connectivity index (χ0v) is 19.2. The molecule has 0 saturated heterocycles. The summed E-state index contributed by atoms with van der Waals surface area (Å²) in [6.07, 6.45) is -1.31. The van der Waals surface area contributed by atoms with E-state index < -0.39 is 22.1 Å². The first-order valence-electron chi connectivity index (χ1n) is 10.8. The SMILES string of the molecule is O=C(O)C(Cc1ccc(OCc2ccc3c(c2)OCCO3)cc1)OC1=NS(=O)(=O)c2ccccc21. The number of rotatable bonds is 7. The number of sulfonamides is 1. The van der Waals surface area contributed by atoms with Gasteiger partial charge in [-0.05, 0) is 47.5 Å². The van der Waals surface area contributed by atoms with Crippen LogP contribution in [0.2, 0.25) is 0 Å². The van der Waals surface area contributed by atoms with Crippen LogP contribution in [0, 0.1) is 0 Å². The first-order chi connectivity index (χ1) is 16.9. The number of fused-ring (bicyclic) bond motifs is 2. The van der Waals surface area contributed by atoms with Gasteiger partial charge in [-0.3, -0.25) is 0 Å². The number of carbonyl (C=O) groups is 1. The lowest BCUT2D eigenvalue weighted by atomic mass is 10.1. The molecule has 0 radical (unpaired) electrons. The van der Waals surface area contributed by atoms with Crippen molar-refractivity contribution >= 4 is 21.9 Å². The molecule has 2 heterocycles. The van der Waals surface area contributed by atoms with Gasteiger partial charge in [0.25, 0.3) is 10.0 Å². The molecule has 0 aliphatic carbocycles. The molecule has 5 rings (SSSR count). The van der Waals surface area contributed by atoms with Crippen LogP contribution in [0.5, 0.6) is 17.2 Å². The van der Waals surface area contributed by atoms with Gasteiger partial charge < -0.3 is 24.1 Å². The van der Waals surface area contributed by atoms with Gasteiger partial charge in [0.2, 0.25) is 12.0 Å². The molecule has 3 aromatic carbocycles. The molecule has 0 bridgehead atoms. The molecule has 2 aliphatic rings. The van der Waals surface area contributed by atoms with Crippen LogP contribution in [-0.2, 0) is 32.6 Å². The minimum Gasteiger partial charge on any atom is -0.489 e. The minimum atomic E-state index is -3.90. The van der Waals surface area contributed by atoms with Crippen molar-refractivity contribution in [3.63, 3.8) is 0 Å². The summed E-state index contributed by atoms with van der Waals surface area (Å²) < 4.78 is 50.5. The maximum atomic E-state index is 12.2. The molecule has 9 nitrogen and oxygen atoms in total. The Labute approximate surface area is 201 Å². The van der Waals surface area contributed by atoms with Crippen molar-refractivity contribution < 1.29 is 37.3 Å². The monoisotopic (exact) mass is 495 g/mol. The maximum Gasteiger partial charge on any atom is 0.345 e. The van der Waals surface area contributed by atoms with Gasteiger partial charge in [-0.2, -0.15) is 8.42 Å². The third kappa shape index (κ3) is 4.92. The Balaban J connectivity index is 1.23. The Morgan fingerprint density at radius 1 is 0.971 bits per heavy atom. The van der Waals surface area contributed by atoms with Gasteiger partial charge in [-0.1, -0.05) is 30.3 Å². The van der Waals surface area contributed by atoms with Gasteiger partial charge in [0.15, 0.2) is 11.5 Å². The first-order valence-corrected chi connectivity index (χ1v) is 12.3. The fourth-order valence-corrected chi connectivity index (χ4v) is 4.90. The Morgan fingerprint density at radius 2 is 1.69 bits per heavy atom. The summed E-state index contributed by atoms with van der Waals surface area (Å²) in [6, 6.07) is 18.7. The zero-order valence-electron chi connectivity index (χ0n) is 18.4. The van der Waals surface area contributed by atoms with Crippen LogP contribution in [0.1, 0.15) is 16.7 Å². The predicted octanol–water partition coefficient (Wildman–Crippen LogP) is 3.20. The van der Waals surface area contributed by atoms with E-state index in [1.807, 2.05) is 18.2 Å². The Hall–Kier alpha value is -4.05. The normalized spacial score (nSPS) is 16.1. The standard InChI is InChI=1S/C25H21NO8S/c27-25(28)22(34-24-19-3-1-2-4-23(19)35(29,30)26-24)13-16-5-8-18(9-6-16)33-15-17-7-10-20-21(14-17)32-12-11-31-20/h1-10,14,22H,11-13,15H2,(H,27,28). The molecule has 0 saturated carbocycles. The van der Waals surface area contributed by atoms with Crippen LogP contribution in [0.3, 0.4) is 0 Å². The molecule has 10 heteroatoms. The average molecular weight is 496 g/mol. The van der Waals surface area contributed by atoms with E-state index in [9.17, 15) is 18.3 Å². The number of aliphatic carboxylic acids is 1. The number of carboxylic acids is 1. The first kappa shape index (κ1) is 22.7. The molecule has 180 valence electrons. The van der Waals surface area contributed by atoms with Crippen LogP contribution in [-0.4, -0.2) is 44.7 Å². The van der Waals surface area contributed by atoms with Gasteiger partial charge in [0.05, 0.1) is 5.56 Å². The van der Waals surface area contributed by atoms with Gasteiger partial charge in [-0.15, -0.1) is 4.40 Å². The molecule has 0 amide bonds. The van der Waals surface area contributed by atoms with Crippen LogP contribution in [0.4, 0.5) is 0 Å². The molecule has 35 heavy (non-hydrogen) atoms. The van der Waals surface area contributed by atoms with Crippen molar-refractivity contribution in [3.05, 3.63) is 83.4 Å². The number of ether oxygens (including phenoxy) is 4. The minimum absolute atomic E-state index is 0.00124. The van der Waals surface area contributed by atoms with Crippen molar-refractivity contribution in [3.8, 4) is 17.2 Å². The molecule has 0 spiro atoms. The number of hydrogen-bond acceptors (Lipinski definition) is 7. The van der Waals surface area contributed by atoms with Gasteiger partial charge in [-0.25, -0.2) is 4.79 Å². The second-order valence-corrected chi connectivity index (χ2v) is 9.50. The lowest BCUT2D eigenvalue weighted by Crippen LogP contribution is -2.29. The molecule has 0 fully saturated rings.